The lowest BCUT2D eigenvalue weighted by molar-refractivity contribution is 0.0368. The Morgan fingerprint density at radius 2 is 1.90 bits per heavy atom. The largest absolute Gasteiger partial charge is 0.384 e. The van der Waals surface area contributed by atoms with Crippen molar-refractivity contribution in [2.45, 2.75) is 51.7 Å². The lowest BCUT2D eigenvalue weighted by Gasteiger charge is -2.27. The number of hydrogen-bond acceptors (Lipinski definition) is 2. The van der Waals surface area contributed by atoms with Crippen LogP contribution < -0.4 is 0 Å². The first-order valence-corrected chi connectivity index (χ1v) is 7.41. The monoisotopic (exact) mass is 270 g/mol. The summed E-state index contributed by atoms with van der Waals surface area (Å²) in [5.41, 5.74) is 2.65. The van der Waals surface area contributed by atoms with E-state index in [4.69, 9.17) is 0 Å². The molecule has 1 unspecified atom stereocenters. The molecule has 0 fully saturated rings. The number of aliphatic hydroxyl groups is 1. The van der Waals surface area contributed by atoms with Crippen molar-refractivity contribution in [1.82, 2.24) is 9.55 Å². The van der Waals surface area contributed by atoms with E-state index in [1.807, 2.05) is 44.2 Å². The molecule has 0 amide bonds. The minimum Gasteiger partial charge on any atom is -0.384 e. The van der Waals surface area contributed by atoms with Gasteiger partial charge in [0, 0.05) is 5.69 Å². The highest BCUT2D eigenvalue weighted by Crippen LogP contribution is 2.27. The van der Waals surface area contributed by atoms with Crippen LogP contribution in [-0.2, 0) is 25.0 Å². The normalized spacial score (nSPS) is 17.6. The van der Waals surface area contributed by atoms with Crippen molar-refractivity contribution in [3.8, 4) is 0 Å². The van der Waals surface area contributed by atoms with Gasteiger partial charge in [-0.1, -0.05) is 30.3 Å². The van der Waals surface area contributed by atoms with Crippen LogP contribution in [0, 0.1) is 6.92 Å². The van der Waals surface area contributed by atoms with Crippen molar-refractivity contribution in [1.29, 1.82) is 0 Å². The van der Waals surface area contributed by atoms with Gasteiger partial charge in [0.25, 0.3) is 0 Å². The van der Waals surface area contributed by atoms with Gasteiger partial charge in [0.05, 0.1) is 12.2 Å². The molecule has 1 aromatic heterocycles. The zero-order valence-corrected chi connectivity index (χ0v) is 12.3. The molecule has 0 bridgehead atoms. The number of hydrogen-bond donors (Lipinski definition) is 1. The number of aromatic nitrogens is 2. The number of benzene rings is 1. The van der Waals surface area contributed by atoms with Crippen LogP contribution >= 0.6 is 0 Å². The molecule has 1 N–H and O–H groups in total. The van der Waals surface area contributed by atoms with Crippen molar-refractivity contribution in [2.24, 2.45) is 0 Å². The molecule has 3 nitrogen and oxygen atoms in total. The Hall–Kier alpha value is -1.61. The summed E-state index contributed by atoms with van der Waals surface area (Å²) in [6, 6.07) is 9.89. The molecule has 20 heavy (non-hydrogen) atoms. The summed E-state index contributed by atoms with van der Waals surface area (Å²) in [6.07, 6.45) is 4.63. The number of aryl methyl sites for hydroxylation is 2. The minimum absolute atomic E-state index is 0.575. The van der Waals surface area contributed by atoms with Crippen LogP contribution in [0.5, 0.6) is 0 Å². The van der Waals surface area contributed by atoms with Crippen LogP contribution in [0.3, 0.4) is 0 Å². The van der Waals surface area contributed by atoms with E-state index in [0.717, 1.165) is 24.2 Å². The second-order valence-corrected chi connectivity index (χ2v) is 5.99. The van der Waals surface area contributed by atoms with Gasteiger partial charge in [-0.2, -0.15) is 0 Å². The van der Waals surface area contributed by atoms with Crippen LogP contribution in [0.1, 0.15) is 42.5 Å². The van der Waals surface area contributed by atoms with E-state index in [-0.39, 0.29) is 0 Å². The first kappa shape index (κ1) is 13.4. The summed E-state index contributed by atoms with van der Waals surface area (Å²) >= 11 is 0. The zero-order chi connectivity index (χ0) is 14.2. The van der Waals surface area contributed by atoms with Crippen molar-refractivity contribution < 1.29 is 5.11 Å². The summed E-state index contributed by atoms with van der Waals surface area (Å²) in [5, 5.41) is 10.8. The number of imidazole rings is 1. The fourth-order valence-electron chi connectivity index (χ4n) is 3.14. The summed E-state index contributed by atoms with van der Waals surface area (Å²) in [6.45, 7) is 4.50. The summed E-state index contributed by atoms with van der Waals surface area (Å²) in [4.78, 5) is 4.68. The van der Waals surface area contributed by atoms with Crippen molar-refractivity contribution in [2.75, 3.05) is 0 Å². The quantitative estimate of drug-likeness (QED) is 0.931. The van der Waals surface area contributed by atoms with Crippen LogP contribution in [0.4, 0.5) is 0 Å². The first-order valence-electron chi connectivity index (χ1n) is 7.41. The minimum atomic E-state index is -0.863. The third-order valence-corrected chi connectivity index (χ3v) is 4.29. The molecule has 3 rings (SSSR count). The highest BCUT2D eigenvalue weighted by molar-refractivity contribution is 5.24. The van der Waals surface area contributed by atoms with Gasteiger partial charge >= 0.3 is 0 Å². The van der Waals surface area contributed by atoms with Crippen LogP contribution in [0.2, 0.25) is 0 Å². The first-order chi connectivity index (χ1) is 9.58. The molecule has 1 aromatic carbocycles. The fraction of sp³-hybridized carbons (Fsp3) is 0.471. The van der Waals surface area contributed by atoms with Gasteiger partial charge in [0.2, 0.25) is 0 Å². The molecular weight excluding hydrogens is 248 g/mol. The van der Waals surface area contributed by atoms with Gasteiger partial charge in [0.1, 0.15) is 11.4 Å². The van der Waals surface area contributed by atoms with Crippen LogP contribution in [0.25, 0.3) is 0 Å². The molecule has 0 aliphatic heterocycles. The lowest BCUT2D eigenvalue weighted by Crippen LogP contribution is -2.29. The van der Waals surface area contributed by atoms with Gasteiger partial charge in [-0.3, -0.25) is 0 Å². The molecule has 0 spiro atoms. The van der Waals surface area contributed by atoms with Crippen molar-refractivity contribution >= 4 is 0 Å². The van der Waals surface area contributed by atoms with E-state index < -0.39 is 5.60 Å². The predicted molar refractivity (Wildman–Crippen MR) is 79.6 cm³/mol. The molecule has 106 valence electrons. The molecule has 1 heterocycles. The van der Waals surface area contributed by atoms with Gasteiger partial charge in [-0.25, -0.2) is 4.98 Å². The smallest absolute Gasteiger partial charge is 0.106 e. The third kappa shape index (κ3) is 2.38. The van der Waals surface area contributed by atoms with Gasteiger partial charge in [-0.05, 0) is 45.1 Å². The average molecular weight is 270 g/mol. The van der Waals surface area contributed by atoms with Crippen molar-refractivity contribution in [3.05, 3.63) is 53.1 Å². The second kappa shape index (κ2) is 5.06. The molecule has 0 radical (unpaired) electrons. The van der Waals surface area contributed by atoms with E-state index in [1.54, 1.807) is 0 Å². The Kier molecular flexibility index (Phi) is 3.38. The van der Waals surface area contributed by atoms with Gasteiger partial charge < -0.3 is 9.67 Å². The summed E-state index contributed by atoms with van der Waals surface area (Å²) in [5.74, 6) is 1.02. The molecule has 1 atom stereocenters. The lowest BCUT2D eigenvalue weighted by atomic mass is 9.95. The van der Waals surface area contributed by atoms with E-state index in [9.17, 15) is 5.11 Å². The Balaban J connectivity index is 1.93. The third-order valence-electron chi connectivity index (χ3n) is 4.29. The van der Waals surface area contributed by atoms with E-state index >= 15 is 0 Å². The Bertz CT molecular complexity index is 599. The molecule has 1 aliphatic carbocycles. The second-order valence-electron chi connectivity index (χ2n) is 5.99. The Morgan fingerprint density at radius 1 is 1.20 bits per heavy atom. The summed E-state index contributed by atoms with van der Waals surface area (Å²) in [7, 11) is 0. The number of rotatable bonds is 3. The molecule has 3 heteroatoms. The molecule has 0 saturated carbocycles. The highest BCUT2D eigenvalue weighted by atomic mass is 16.3. The summed E-state index contributed by atoms with van der Waals surface area (Å²) < 4.78 is 2.21. The Morgan fingerprint density at radius 3 is 2.65 bits per heavy atom. The average Bonchev–Trinajstić information content (AvgIpc) is 2.76. The van der Waals surface area contributed by atoms with Crippen LogP contribution in [-0.4, -0.2) is 14.7 Å². The zero-order valence-electron chi connectivity index (χ0n) is 12.3. The van der Waals surface area contributed by atoms with Gasteiger partial charge in [-0.15, -0.1) is 0 Å². The highest BCUT2D eigenvalue weighted by Gasteiger charge is 2.27. The predicted octanol–water partition coefficient (Wildman–Crippen LogP) is 2.98. The standard InChI is InChI=1S/C17H22N2O/c1-13-18-15-10-6-7-11-16(15)19(13)12-17(2,20)14-8-4-3-5-9-14/h3-5,8-9,20H,6-7,10-12H2,1-2H3. The SMILES string of the molecule is Cc1nc2c(n1CC(C)(O)c1ccccc1)CCCC2. The molecular formula is C17H22N2O. The topological polar surface area (TPSA) is 38.0 Å². The number of fused-ring (bicyclic) bond motifs is 1. The number of nitrogens with zero attached hydrogens (tertiary/aromatic N) is 2. The maximum Gasteiger partial charge on any atom is 0.106 e. The van der Waals surface area contributed by atoms with E-state index in [2.05, 4.69) is 9.55 Å². The van der Waals surface area contributed by atoms with E-state index in [0.29, 0.717) is 6.54 Å². The van der Waals surface area contributed by atoms with Crippen LogP contribution in [0.15, 0.2) is 30.3 Å². The molecule has 2 aromatic rings. The van der Waals surface area contributed by atoms with E-state index in [1.165, 1.54) is 24.2 Å². The van der Waals surface area contributed by atoms with Gasteiger partial charge in [0.15, 0.2) is 0 Å². The fourth-order valence-corrected chi connectivity index (χ4v) is 3.14. The maximum atomic E-state index is 10.8. The van der Waals surface area contributed by atoms with Crippen molar-refractivity contribution in [3.63, 3.8) is 0 Å². The Labute approximate surface area is 120 Å². The molecule has 0 saturated heterocycles. The maximum absolute atomic E-state index is 10.8. The molecule has 1 aliphatic rings.